The Balaban J connectivity index is 1.68. The van der Waals surface area contributed by atoms with Crippen molar-refractivity contribution >= 4 is 49.7 Å². The molecule has 3 heterocycles. The lowest BCUT2D eigenvalue weighted by Gasteiger charge is -2.24. The fourth-order valence-corrected chi connectivity index (χ4v) is 5.51. The zero-order chi connectivity index (χ0) is 22.6. The first-order chi connectivity index (χ1) is 15.3. The van der Waals surface area contributed by atoms with Gasteiger partial charge in [-0.25, -0.2) is 13.8 Å². The Hall–Kier alpha value is -3.43. The van der Waals surface area contributed by atoms with Crippen molar-refractivity contribution in [3.05, 3.63) is 92.9 Å². The number of nitrogens with zero attached hydrogens (tertiary/aromatic N) is 2. The first kappa shape index (κ1) is 20.5. The van der Waals surface area contributed by atoms with Gasteiger partial charge in [0.1, 0.15) is 11.6 Å². The van der Waals surface area contributed by atoms with E-state index in [0.29, 0.717) is 20.7 Å². The predicted molar refractivity (Wildman–Crippen MR) is 119 cm³/mol. The maximum Gasteiger partial charge on any atom is 0.296 e. The molecule has 160 valence electrons. The van der Waals surface area contributed by atoms with E-state index in [1.165, 1.54) is 58.7 Å². The first-order valence-corrected chi connectivity index (χ1v) is 11.2. The number of hydrogen-bond acceptors (Lipinski definition) is 6. The molecular weight excluding hydrogens is 454 g/mol. The van der Waals surface area contributed by atoms with E-state index in [-0.39, 0.29) is 10.7 Å². The van der Waals surface area contributed by atoms with Crippen LogP contribution in [0.5, 0.6) is 0 Å². The summed E-state index contributed by atoms with van der Waals surface area (Å²) in [5.74, 6) is -2.88. The molecule has 9 heteroatoms. The molecule has 5 nitrogen and oxygen atoms in total. The third-order valence-corrected chi connectivity index (χ3v) is 7.16. The number of thiazole rings is 1. The SMILES string of the molecule is Cc1ccc(C(=O)C2=C(O)C(=O)N(c3nc4ccc(F)cc4s3)C2c2ccc(F)cc2)s1. The highest BCUT2D eigenvalue weighted by Gasteiger charge is 2.46. The summed E-state index contributed by atoms with van der Waals surface area (Å²) in [5.41, 5.74) is 0.810. The number of carbonyl (C=O) groups is 2. The Morgan fingerprint density at radius 2 is 1.75 bits per heavy atom. The second-order valence-electron chi connectivity index (χ2n) is 7.24. The monoisotopic (exact) mass is 468 g/mol. The number of halogens is 2. The van der Waals surface area contributed by atoms with E-state index in [0.717, 1.165) is 16.2 Å². The van der Waals surface area contributed by atoms with Crippen LogP contribution in [0.1, 0.15) is 26.2 Å². The lowest BCUT2D eigenvalue weighted by Crippen LogP contribution is -2.30. The maximum absolute atomic E-state index is 13.7. The average Bonchev–Trinajstić information content (AvgIpc) is 3.44. The average molecular weight is 469 g/mol. The molecule has 5 rings (SSSR count). The van der Waals surface area contributed by atoms with Gasteiger partial charge in [0.15, 0.2) is 10.9 Å². The van der Waals surface area contributed by atoms with Crippen LogP contribution in [0.3, 0.4) is 0 Å². The molecule has 0 aliphatic carbocycles. The topological polar surface area (TPSA) is 70.5 Å². The molecule has 2 aromatic heterocycles. The third-order valence-electron chi connectivity index (χ3n) is 5.15. The number of hydrogen-bond donors (Lipinski definition) is 1. The number of ketones is 1. The fraction of sp³-hybridized carbons (Fsp3) is 0.0870. The Kier molecular flexibility index (Phi) is 4.87. The predicted octanol–water partition coefficient (Wildman–Crippen LogP) is 5.73. The van der Waals surface area contributed by atoms with Crippen LogP contribution in [0.25, 0.3) is 10.2 Å². The van der Waals surface area contributed by atoms with Gasteiger partial charge >= 0.3 is 0 Å². The highest BCUT2D eigenvalue weighted by molar-refractivity contribution is 7.22. The number of amides is 1. The van der Waals surface area contributed by atoms with Crippen LogP contribution < -0.4 is 4.90 Å². The molecule has 1 aliphatic rings. The smallest absolute Gasteiger partial charge is 0.296 e. The van der Waals surface area contributed by atoms with Gasteiger partial charge in [-0.1, -0.05) is 23.5 Å². The van der Waals surface area contributed by atoms with Gasteiger partial charge in [-0.3, -0.25) is 14.5 Å². The van der Waals surface area contributed by atoms with Crippen molar-refractivity contribution < 1.29 is 23.5 Å². The highest BCUT2D eigenvalue weighted by atomic mass is 32.1. The van der Waals surface area contributed by atoms with E-state index in [1.807, 2.05) is 6.92 Å². The van der Waals surface area contributed by atoms with E-state index in [1.54, 1.807) is 12.1 Å². The molecule has 32 heavy (non-hydrogen) atoms. The van der Waals surface area contributed by atoms with Crippen LogP contribution in [0.2, 0.25) is 0 Å². The van der Waals surface area contributed by atoms with Crippen molar-refractivity contribution in [1.29, 1.82) is 0 Å². The third kappa shape index (κ3) is 3.30. The molecule has 0 spiro atoms. The number of anilines is 1. The van der Waals surface area contributed by atoms with Gasteiger partial charge in [-0.2, -0.15) is 0 Å². The number of benzene rings is 2. The van der Waals surface area contributed by atoms with Gasteiger partial charge in [0.25, 0.3) is 5.91 Å². The standard InChI is InChI=1S/C23H14F2N2O3S2/c1-11-2-9-16(31-11)20(28)18-19(12-3-5-13(24)6-4-12)27(22(30)21(18)29)23-26-15-8-7-14(25)10-17(15)32-23/h2-10,19,29H,1H3. The van der Waals surface area contributed by atoms with Crippen LogP contribution in [0.15, 0.2) is 65.9 Å². The zero-order valence-electron chi connectivity index (χ0n) is 16.5. The number of aryl methyl sites for hydroxylation is 1. The number of carbonyl (C=O) groups excluding carboxylic acids is 2. The van der Waals surface area contributed by atoms with Crippen molar-refractivity contribution in [3.8, 4) is 0 Å². The minimum atomic E-state index is -1.01. The summed E-state index contributed by atoms with van der Waals surface area (Å²) in [4.78, 5) is 33.4. The Morgan fingerprint density at radius 3 is 2.44 bits per heavy atom. The Labute approximate surface area is 188 Å². The van der Waals surface area contributed by atoms with Gasteiger partial charge in [0, 0.05) is 4.88 Å². The van der Waals surface area contributed by atoms with Crippen molar-refractivity contribution in [3.63, 3.8) is 0 Å². The molecule has 1 amide bonds. The Bertz CT molecular complexity index is 1420. The first-order valence-electron chi connectivity index (χ1n) is 9.53. The van der Waals surface area contributed by atoms with E-state index in [9.17, 15) is 23.5 Å². The molecule has 1 unspecified atom stereocenters. The molecule has 0 fully saturated rings. The lowest BCUT2D eigenvalue weighted by molar-refractivity contribution is -0.117. The molecule has 0 bridgehead atoms. The second-order valence-corrected chi connectivity index (χ2v) is 9.54. The number of aliphatic hydroxyl groups excluding tert-OH is 1. The summed E-state index contributed by atoms with van der Waals surface area (Å²) in [5, 5.41) is 10.9. The molecule has 0 saturated carbocycles. The zero-order valence-corrected chi connectivity index (χ0v) is 18.1. The number of thiophene rings is 1. The van der Waals surface area contributed by atoms with E-state index < -0.39 is 35.1 Å². The quantitative estimate of drug-likeness (QED) is 0.389. The molecule has 1 N–H and O–H groups in total. The van der Waals surface area contributed by atoms with Gasteiger partial charge in [0.2, 0.25) is 5.78 Å². The minimum absolute atomic E-state index is 0.103. The molecule has 4 aromatic rings. The summed E-state index contributed by atoms with van der Waals surface area (Å²) < 4.78 is 27.8. The van der Waals surface area contributed by atoms with Gasteiger partial charge in [0.05, 0.1) is 26.7 Å². The normalized spacial score (nSPS) is 16.4. The Morgan fingerprint density at radius 1 is 1.03 bits per heavy atom. The second kappa shape index (κ2) is 7.61. The largest absolute Gasteiger partial charge is 0.503 e. The summed E-state index contributed by atoms with van der Waals surface area (Å²) in [6.45, 7) is 1.85. The van der Waals surface area contributed by atoms with Crippen LogP contribution in [-0.4, -0.2) is 21.8 Å². The number of aromatic nitrogens is 1. The van der Waals surface area contributed by atoms with Gasteiger partial charge < -0.3 is 5.11 Å². The van der Waals surface area contributed by atoms with E-state index >= 15 is 0 Å². The van der Waals surface area contributed by atoms with Gasteiger partial charge in [-0.15, -0.1) is 11.3 Å². The van der Waals surface area contributed by atoms with Crippen LogP contribution in [-0.2, 0) is 4.79 Å². The summed E-state index contributed by atoms with van der Waals surface area (Å²) in [7, 11) is 0. The van der Waals surface area contributed by atoms with Crippen molar-refractivity contribution in [2.45, 2.75) is 13.0 Å². The molecule has 1 atom stereocenters. The van der Waals surface area contributed by atoms with Gasteiger partial charge in [-0.05, 0) is 55.0 Å². The van der Waals surface area contributed by atoms with E-state index in [2.05, 4.69) is 4.98 Å². The molecule has 0 saturated heterocycles. The van der Waals surface area contributed by atoms with Crippen molar-refractivity contribution in [2.75, 3.05) is 4.90 Å². The molecule has 1 aliphatic heterocycles. The van der Waals surface area contributed by atoms with Crippen LogP contribution in [0.4, 0.5) is 13.9 Å². The number of rotatable bonds is 4. The van der Waals surface area contributed by atoms with Crippen molar-refractivity contribution in [2.24, 2.45) is 0 Å². The number of aliphatic hydroxyl groups is 1. The van der Waals surface area contributed by atoms with Crippen LogP contribution in [0, 0.1) is 18.6 Å². The number of Topliss-reactive ketones (excluding diaryl/α,β-unsaturated/α-hetero) is 1. The molecular formula is C23H14F2N2O3S2. The summed E-state index contributed by atoms with van der Waals surface area (Å²) in [6, 6.07) is 11.8. The summed E-state index contributed by atoms with van der Waals surface area (Å²) >= 11 is 2.31. The highest BCUT2D eigenvalue weighted by Crippen LogP contribution is 2.44. The molecule has 2 aromatic carbocycles. The maximum atomic E-state index is 13.7. The number of fused-ring (bicyclic) bond motifs is 1. The minimum Gasteiger partial charge on any atom is -0.503 e. The summed E-state index contributed by atoms with van der Waals surface area (Å²) in [6.07, 6.45) is 0. The van der Waals surface area contributed by atoms with E-state index in [4.69, 9.17) is 0 Å². The van der Waals surface area contributed by atoms with Crippen molar-refractivity contribution in [1.82, 2.24) is 4.98 Å². The fourth-order valence-electron chi connectivity index (χ4n) is 3.67. The van der Waals surface area contributed by atoms with Crippen LogP contribution >= 0.6 is 22.7 Å². The molecule has 0 radical (unpaired) electrons. The lowest BCUT2D eigenvalue weighted by atomic mass is 9.95.